The van der Waals surface area contributed by atoms with Gasteiger partial charge in [-0.1, -0.05) is 6.07 Å². The molecule has 1 amide bonds. The number of aromatic nitrogens is 3. The molecule has 2 aromatic heterocycles. The largest absolute Gasteiger partial charge is 0.471 e. The number of hydrogen-bond acceptors (Lipinski definition) is 5. The Morgan fingerprint density at radius 1 is 1.36 bits per heavy atom. The molecule has 0 spiro atoms. The van der Waals surface area contributed by atoms with E-state index in [0.717, 1.165) is 17.7 Å². The molecular formula is C16H18N4O2. The number of nitrogens with zero attached hydrogens (tertiary/aromatic N) is 4. The van der Waals surface area contributed by atoms with Gasteiger partial charge in [-0.15, -0.1) is 5.10 Å². The average Bonchev–Trinajstić information content (AvgIpc) is 2.99. The number of likely N-dealkylation sites (tertiary alicyclic amines) is 1. The molecular weight excluding hydrogens is 280 g/mol. The summed E-state index contributed by atoms with van der Waals surface area (Å²) in [4.78, 5) is 18.1. The molecule has 114 valence electrons. The normalized spacial score (nSPS) is 17.5. The van der Waals surface area contributed by atoms with E-state index >= 15 is 0 Å². The third-order valence-corrected chi connectivity index (χ3v) is 3.64. The maximum Gasteiger partial charge on any atom is 0.233 e. The first-order valence-corrected chi connectivity index (χ1v) is 7.34. The Bertz CT molecular complexity index is 630. The fourth-order valence-electron chi connectivity index (χ4n) is 2.46. The summed E-state index contributed by atoms with van der Waals surface area (Å²) in [7, 11) is 0. The van der Waals surface area contributed by atoms with Gasteiger partial charge in [-0.2, -0.15) is 5.10 Å². The molecule has 6 nitrogen and oxygen atoms in total. The van der Waals surface area contributed by atoms with Crippen LogP contribution >= 0.6 is 0 Å². The number of amides is 1. The molecule has 3 heterocycles. The maximum atomic E-state index is 12.3. The van der Waals surface area contributed by atoms with Gasteiger partial charge in [0.15, 0.2) is 0 Å². The highest BCUT2D eigenvalue weighted by Crippen LogP contribution is 2.17. The molecule has 6 heteroatoms. The van der Waals surface area contributed by atoms with E-state index in [1.807, 2.05) is 36.1 Å². The maximum absolute atomic E-state index is 12.3. The fraction of sp³-hybridized carbons (Fsp3) is 0.375. The van der Waals surface area contributed by atoms with E-state index in [1.54, 1.807) is 12.4 Å². The van der Waals surface area contributed by atoms with Gasteiger partial charge in [-0.25, -0.2) is 0 Å². The molecule has 1 aliphatic heterocycles. The van der Waals surface area contributed by atoms with Crippen LogP contribution in [0.5, 0.6) is 5.88 Å². The number of carbonyl (C=O) groups is 1. The van der Waals surface area contributed by atoms with Crippen LogP contribution in [0.15, 0.2) is 36.7 Å². The zero-order chi connectivity index (χ0) is 15.4. The Morgan fingerprint density at radius 2 is 2.27 bits per heavy atom. The van der Waals surface area contributed by atoms with E-state index in [-0.39, 0.29) is 12.0 Å². The van der Waals surface area contributed by atoms with Crippen molar-refractivity contribution in [1.29, 1.82) is 0 Å². The van der Waals surface area contributed by atoms with E-state index < -0.39 is 0 Å². The summed E-state index contributed by atoms with van der Waals surface area (Å²) in [6.45, 7) is 3.18. The molecule has 1 atom stereocenters. The first kappa shape index (κ1) is 14.4. The quantitative estimate of drug-likeness (QED) is 0.853. The molecule has 0 aliphatic carbocycles. The third kappa shape index (κ3) is 3.58. The molecule has 0 saturated carbocycles. The lowest BCUT2D eigenvalue weighted by molar-refractivity contribution is -0.129. The number of pyridine rings is 1. The van der Waals surface area contributed by atoms with E-state index in [1.165, 1.54) is 0 Å². The fourth-order valence-corrected chi connectivity index (χ4v) is 2.46. The van der Waals surface area contributed by atoms with E-state index in [4.69, 9.17) is 4.74 Å². The molecule has 1 unspecified atom stereocenters. The van der Waals surface area contributed by atoms with Crippen LogP contribution in [-0.2, 0) is 11.2 Å². The van der Waals surface area contributed by atoms with Crippen LogP contribution in [0.3, 0.4) is 0 Å². The van der Waals surface area contributed by atoms with Crippen molar-refractivity contribution in [3.05, 3.63) is 47.9 Å². The minimum absolute atomic E-state index is 0.0187. The van der Waals surface area contributed by atoms with Crippen molar-refractivity contribution in [2.75, 3.05) is 13.1 Å². The molecule has 0 bridgehead atoms. The molecule has 22 heavy (non-hydrogen) atoms. The third-order valence-electron chi connectivity index (χ3n) is 3.64. The highest BCUT2D eigenvalue weighted by molar-refractivity contribution is 5.79. The van der Waals surface area contributed by atoms with Crippen LogP contribution in [0, 0.1) is 6.92 Å². The van der Waals surface area contributed by atoms with Gasteiger partial charge in [0.25, 0.3) is 0 Å². The van der Waals surface area contributed by atoms with Gasteiger partial charge in [0.2, 0.25) is 11.8 Å². The highest BCUT2D eigenvalue weighted by atomic mass is 16.5. The number of ether oxygens (including phenoxy) is 1. The Kier molecular flexibility index (Phi) is 4.27. The van der Waals surface area contributed by atoms with Crippen molar-refractivity contribution >= 4 is 5.91 Å². The first-order chi connectivity index (χ1) is 10.7. The zero-order valence-corrected chi connectivity index (χ0v) is 12.5. The summed E-state index contributed by atoms with van der Waals surface area (Å²) in [5, 5.41) is 7.96. The number of aryl methyl sites for hydroxylation is 1. The molecule has 2 aromatic rings. The second kappa shape index (κ2) is 6.51. The molecule has 0 aromatic carbocycles. The van der Waals surface area contributed by atoms with Crippen LogP contribution in [0.2, 0.25) is 0 Å². The molecule has 3 rings (SSSR count). The summed E-state index contributed by atoms with van der Waals surface area (Å²) in [5.74, 6) is 0.617. The van der Waals surface area contributed by atoms with Gasteiger partial charge >= 0.3 is 0 Å². The van der Waals surface area contributed by atoms with Gasteiger partial charge in [0.05, 0.1) is 18.7 Å². The molecule has 1 saturated heterocycles. The van der Waals surface area contributed by atoms with Crippen LogP contribution in [0.4, 0.5) is 0 Å². The number of hydrogen-bond donors (Lipinski definition) is 0. The van der Waals surface area contributed by atoms with Gasteiger partial charge in [-0.3, -0.25) is 9.78 Å². The van der Waals surface area contributed by atoms with Crippen molar-refractivity contribution in [2.24, 2.45) is 0 Å². The lowest BCUT2D eigenvalue weighted by atomic mass is 10.2. The average molecular weight is 298 g/mol. The predicted molar refractivity (Wildman–Crippen MR) is 80.3 cm³/mol. The summed E-state index contributed by atoms with van der Waals surface area (Å²) < 4.78 is 5.78. The molecule has 0 radical (unpaired) electrons. The van der Waals surface area contributed by atoms with E-state index in [9.17, 15) is 4.79 Å². The summed E-state index contributed by atoms with van der Waals surface area (Å²) in [6, 6.07) is 7.43. The second-order valence-corrected chi connectivity index (χ2v) is 5.42. The first-order valence-electron chi connectivity index (χ1n) is 7.34. The second-order valence-electron chi connectivity index (χ2n) is 5.42. The Balaban J connectivity index is 1.53. The lowest BCUT2D eigenvalue weighted by Gasteiger charge is -2.16. The topological polar surface area (TPSA) is 68.2 Å². The summed E-state index contributed by atoms with van der Waals surface area (Å²) >= 11 is 0. The van der Waals surface area contributed by atoms with Crippen LogP contribution in [0.25, 0.3) is 0 Å². The summed E-state index contributed by atoms with van der Waals surface area (Å²) in [5.41, 5.74) is 1.79. The Hall–Kier alpha value is -2.50. The highest BCUT2D eigenvalue weighted by Gasteiger charge is 2.27. The van der Waals surface area contributed by atoms with Gasteiger partial charge < -0.3 is 9.64 Å². The van der Waals surface area contributed by atoms with Gasteiger partial charge in [0, 0.05) is 31.4 Å². The van der Waals surface area contributed by atoms with Gasteiger partial charge in [-0.05, 0) is 24.6 Å². The summed E-state index contributed by atoms with van der Waals surface area (Å²) in [6.07, 6.45) is 4.61. The van der Waals surface area contributed by atoms with Crippen molar-refractivity contribution in [1.82, 2.24) is 20.1 Å². The van der Waals surface area contributed by atoms with Crippen LogP contribution in [-0.4, -0.2) is 45.2 Å². The van der Waals surface area contributed by atoms with Crippen molar-refractivity contribution < 1.29 is 9.53 Å². The van der Waals surface area contributed by atoms with Crippen LogP contribution < -0.4 is 4.74 Å². The Morgan fingerprint density at radius 3 is 3.00 bits per heavy atom. The van der Waals surface area contributed by atoms with Gasteiger partial charge in [0.1, 0.15) is 6.10 Å². The minimum atomic E-state index is -0.0187. The minimum Gasteiger partial charge on any atom is -0.471 e. The molecule has 1 fully saturated rings. The van der Waals surface area contributed by atoms with E-state index in [0.29, 0.717) is 25.4 Å². The number of rotatable bonds is 4. The smallest absolute Gasteiger partial charge is 0.233 e. The Labute approximate surface area is 129 Å². The van der Waals surface area contributed by atoms with Crippen molar-refractivity contribution in [3.8, 4) is 5.88 Å². The van der Waals surface area contributed by atoms with Crippen LogP contribution in [0.1, 0.15) is 17.7 Å². The van der Waals surface area contributed by atoms with Crippen molar-refractivity contribution in [3.63, 3.8) is 0 Å². The SMILES string of the molecule is Cc1ccc(OC2CCN(C(=O)Cc3cccnc3)C2)nn1. The zero-order valence-electron chi connectivity index (χ0n) is 12.5. The monoisotopic (exact) mass is 298 g/mol. The number of carbonyl (C=O) groups excluding carboxylic acids is 1. The van der Waals surface area contributed by atoms with Crippen molar-refractivity contribution in [2.45, 2.75) is 25.9 Å². The standard InChI is InChI=1S/C16H18N4O2/c1-12-4-5-15(19-18-12)22-14-6-8-20(11-14)16(21)9-13-3-2-7-17-10-13/h2-5,7,10,14H,6,8-9,11H2,1H3. The molecule has 0 N–H and O–H groups in total. The predicted octanol–water partition coefficient (Wildman–Crippen LogP) is 1.40. The van der Waals surface area contributed by atoms with E-state index in [2.05, 4.69) is 15.2 Å². The lowest BCUT2D eigenvalue weighted by Crippen LogP contribution is -2.32. The molecule has 1 aliphatic rings.